The number of esters is 1. The van der Waals surface area contributed by atoms with Crippen molar-refractivity contribution in [1.29, 1.82) is 0 Å². The molecule has 88 valence electrons. The van der Waals surface area contributed by atoms with E-state index in [1.807, 2.05) is 6.07 Å². The molecule has 0 aliphatic rings. The van der Waals surface area contributed by atoms with Gasteiger partial charge in [-0.15, -0.1) is 12.6 Å². The van der Waals surface area contributed by atoms with Gasteiger partial charge < -0.3 is 4.74 Å². The Hall–Kier alpha value is -0.960. The molecule has 0 aliphatic carbocycles. The summed E-state index contributed by atoms with van der Waals surface area (Å²) in [6, 6.07) is 7.10. The Morgan fingerprint density at radius 1 is 1.31 bits per heavy atom. The van der Waals surface area contributed by atoms with E-state index < -0.39 is 0 Å². The molecule has 0 saturated heterocycles. The maximum atomic E-state index is 11.6. The minimum Gasteiger partial charge on any atom is -0.462 e. The fourth-order valence-electron chi connectivity index (χ4n) is 1.41. The first-order valence-corrected chi connectivity index (χ1v) is 6.15. The molecule has 0 saturated carbocycles. The lowest BCUT2D eigenvalue weighted by Crippen LogP contribution is -2.06. The number of benzene rings is 1. The summed E-state index contributed by atoms with van der Waals surface area (Å²) in [5.41, 5.74) is 0.572. The van der Waals surface area contributed by atoms with Gasteiger partial charge in [0.1, 0.15) is 0 Å². The predicted octanol–water partition coefficient (Wildman–Crippen LogP) is 3.71. The summed E-state index contributed by atoms with van der Waals surface area (Å²) in [6.45, 7) is 2.67. The van der Waals surface area contributed by atoms with Crippen LogP contribution in [0.1, 0.15) is 43.0 Å². The summed E-state index contributed by atoms with van der Waals surface area (Å²) in [5, 5.41) is 0. The van der Waals surface area contributed by atoms with E-state index in [4.69, 9.17) is 4.74 Å². The molecule has 0 radical (unpaired) electrons. The van der Waals surface area contributed by atoms with Crippen LogP contribution in [0.15, 0.2) is 29.2 Å². The van der Waals surface area contributed by atoms with Gasteiger partial charge in [0, 0.05) is 4.90 Å². The normalized spacial score (nSPS) is 10.1. The summed E-state index contributed by atoms with van der Waals surface area (Å²) < 4.78 is 5.16. The zero-order valence-electron chi connectivity index (χ0n) is 9.61. The average molecular weight is 238 g/mol. The quantitative estimate of drug-likeness (QED) is 0.464. The molecule has 0 heterocycles. The van der Waals surface area contributed by atoms with Gasteiger partial charge in [0.15, 0.2) is 0 Å². The molecule has 0 fully saturated rings. The van der Waals surface area contributed by atoms with Gasteiger partial charge in [-0.2, -0.15) is 0 Å². The standard InChI is InChI=1S/C13H18O2S/c1-2-3-4-5-9-15-13(14)11-7-6-8-12(16)10-11/h6-8,10,16H,2-5,9H2,1H3. The molecule has 0 unspecified atom stereocenters. The highest BCUT2D eigenvalue weighted by Gasteiger charge is 2.06. The molecule has 0 amide bonds. The van der Waals surface area contributed by atoms with Crippen LogP contribution in [-0.2, 0) is 4.74 Å². The van der Waals surface area contributed by atoms with Gasteiger partial charge in [-0.1, -0.05) is 32.3 Å². The number of ether oxygens (including phenoxy) is 1. The molecule has 0 bridgehead atoms. The Kier molecular flexibility index (Phi) is 6.01. The average Bonchev–Trinajstić information content (AvgIpc) is 2.28. The van der Waals surface area contributed by atoms with E-state index in [-0.39, 0.29) is 5.97 Å². The number of hydrogen-bond donors (Lipinski definition) is 1. The number of unbranched alkanes of at least 4 members (excludes halogenated alkanes) is 3. The van der Waals surface area contributed by atoms with Gasteiger partial charge in [0.25, 0.3) is 0 Å². The first-order chi connectivity index (χ1) is 7.74. The maximum Gasteiger partial charge on any atom is 0.338 e. The molecule has 1 aromatic rings. The molecule has 1 aromatic carbocycles. The van der Waals surface area contributed by atoms with Crippen LogP contribution < -0.4 is 0 Å². The van der Waals surface area contributed by atoms with E-state index in [0.29, 0.717) is 12.2 Å². The lowest BCUT2D eigenvalue weighted by Gasteiger charge is -2.04. The largest absolute Gasteiger partial charge is 0.462 e. The van der Waals surface area contributed by atoms with Crippen LogP contribution in [0.3, 0.4) is 0 Å². The Morgan fingerprint density at radius 2 is 2.12 bits per heavy atom. The van der Waals surface area contributed by atoms with Crippen LogP contribution in [0, 0.1) is 0 Å². The van der Waals surface area contributed by atoms with Crippen molar-refractivity contribution in [2.45, 2.75) is 37.5 Å². The Bertz CT molecular complexity index is 336. The van der Waals surface area contributed by atoms with E-state index in [1.165, 1.54) is 12.8 Å². The SMILES string of the molecule is CCCCCCOC(=O)c1cccc(S)c1. The van der Waals surface area contributed by atoms with Crippen molar-refractivity contribution in [3.05, 3.63) is 29.8 Å². The van der Waals surface area contributed by atoms with Gasteiger partial charge in [-0.25, -0.2) is 4.79 Å². The molecule has 0 aromatic heterocycles. The molecule has 1 rings (SSSR count). The smallest absolute Gasteiger partial charge is 0.338 e. The zero-order valence-corrected chi connectivity index (χ0v) is 10.5. The lowest BCUT2D eigenvalue weighted by atomic mass is 10.2. The molecule has 16 heavy (non-hydrogen) atoms. The van der Waals surface area contributed by atoms with Crippen LogP contribution in [-0.4, -0.2) is 12.6 Å². The zero-order chi connectivity index (χ0) is 11.8. The van der Waals surface area contributed by atoms with E-state index in [9.17, 15) is 4.79 Å². The van der Waals surface area contributed by atoms with E-state index in [2.05, 4.69) is 19.6 Å². The third kappa shape index (κ3) is 4.71. The van der Waals surface area contributed by atoms with Crippen LogP contribution in [0.2, 0.25) is 0 Å². The van der Waals surface area contributed by atoms with Crippen LogP contribution >= 0.6 is 12.6 Å². The highest BCUT2D eigenvalue weighted by atomic mass is 32.1. The van der Waals surface area contributed by atoms with Gasteiger partial charge in [0.05, 0.1) is 12.2 Å². The second kappa shape index (κ2) is 7.34. The van der Waals surface area contributed by atoms with Gasteiger partial charge in [0.2, 0.25) is 0 Å². The van der Waals surface area contributed by atoms with Crippen molar-refractivity contribution < 1.29 is 9.53 Å². The minimum atomic E-state index is -0.257. The Morgan fingerprint density at radius 3 is 2.81 bits per heavy atom. The number of rotatable bonds is 6. The highest BCUT2D eigenvalue weighted by molar-refractivity contribution is 7.80. The lowest BCUT2D eigenvalue weighted by molar-refractivity contribution is 0.0497. The first kappa shape index (κ1) is 13.1. The fourth-order valence-corrected chi connectivity index (χ4v) is 1.64. The van der Waals surface area contributed by atoms with Crippen molar-refractivity contribution in [2.75, 3.05) is 6.61 Å². The monoisotopic (exact) mass is 238 g/mol. The summed E-state index contributed by atoms with van der Waals surface area (Å²) in [6.07, 6.45) is 4.45. The second-order valence-corrected chi connectivity index (χ2v) is 4.26. The van der Waals surface area contributed by atoms with E-state index in [0.717, 1.165) is 17.7 Å². The maximum absolute atomic E-state index is 11.6. The minimum absolute atomic E-state index is 0.257. The van der Waals surface area contributed by atoms with Gasteiger partial charge in [-0.3, -0.25) is 0 Å². The molecular weight excluding hydrogens is 220 g/mol. The summed E-state index contributed by atoms with van der Waals surface area (Å²) in [7, 11) is 0. The van der Waals surface area contributed by atoms with Crippen molar-refractivity contribution in [3.63, 3.8) is 0 Å². The highest BCUT2D eigenvalue weighted by Crippen LogP contribution is 2.10. The van der Waals surface area contributed by atoms with Crippen molar-refractivity contribution >= 4 is 18.6 Å². The summed E-state index contributed by atoms with van der Waals surface area (Å²) >= 11 is 4.18. The number of hydrogen-bond acceptors (Lipinski definition) is 3. The van der Waals surface area contributed by atoms with E-state index >= 15 is 0 Å². The molecule has 0 spiro atoms. The van der Waals surface area contributed by atoms with Gasteiger partial charge in [-0.05, 0) is 24.6 Å². The molecule has 0 N–H and O–H groups in total. The first-order valence-electron chi connectivity index (χ1n) is 5.70. The van der Waals surface area contributed by atoms with Crippen molar-refractivity contribution in [2.24, 2.45) is 0 Å². The molecular formula is C13H18O2S. The summed E-state index contributed by atoms with van der Waals surface area (Å²) in [4.78, 5) is 12.4. The molecule has 2 nitrogen and oxygen atoms in total. The molecule has 0 aliphatic heterocycles. The Labute approximate surface area is 102 Å². The second-order valence-electron chi connectivity index (χ2n) is 3.75. The van der Waals surface area contributed by atoms with Crippen molar-refractivity contribution in [1.82, 2.24) is 0 Å². The fraction of sp³-hybridized carbons (Fsp3) is 0.462. The van der Waals surface area contributed by atoms with Gasteiger partial charge >= 0.3 is 5.97 Å². The molecule has 3 heteroatoms. The number of thiol groups is 1. The predicted molar refractivity (Wildman–Crippen MR) is 68.1 cm³/mol. The third-order valence-electron chi connectivity index (χ3n) is 2.31. The topological polar surface area (TPSA) is 26.3 Å². The Balaban J connectivity index is 2.30. The molecule has 0 atom stereocenters. The van der Waals surface area contributed by atoms with Crippen LogP contribution in [0.5, 0.6) is 0 Å². The number of carbonyl (C=O) groups is 1. The number of carbonyl (C=O) groups excluding carboxylic acids is 1. The van der Waals surface area contributed by atoms with Crippen LogP contribution in [0.4, 0.5) is 0 Å². The third-order valence-corrected chi connectivity index (χ3v) is 2.59. The van der Waals surface area contributed by atoms with Crippen molar-refractivity contribution in [3.8, 4) is 0 Å². The van der Waals surface area contributed by atoms with Crippen LogP contribution in [0.25, 0.3) is 0 Å². The summed E-state index contributed by atoms with van der Waals surface area (Å²) in [5.74, 6) is -0.257. The van der Waals surface area contributed by atoms with E-state index in [1.54, 1.807) is 18.2 Å².